The smallest absolute Gasteiger partial charge is 0.433 e. The van der Waals surface area contributed by atoms with Gasteiger partial charge in [-0.3, -0.25) is 10.1 Å². The molecule has 0 aliphatic rings. The zero-order chi connectivity index (χ0) is 23.4. The van der Waals surface area contributed by atoms with Gasteiger partial charge in [0.25, 0.3) is 5.69 Å². The molecule has 0 atom stereocenters. The Labute approximate surface area is 184 Å². The number of hydrogen-bond donors (Lipinski definition) is 1. The Morgan fingerprint density at radius 1 is 0.970 bits per heavy atom. The van der Waals surface area contributed by atoms with Crippen molar-refractivity contribution < 1.29 is 22.5 Å². The lowest BCUT2D eigenvalue weighted by atomic mass is 10.1. The van der Waals surface area contributed by atoms with Crippen molar-refractivity contribution in [2.45, 2.75) is 6.18 Å². The van der Waals surface area contributed by atoms with Crippen molar-refractivity contribution in [3.63, 3.8) is 0 Å². The van der Waals surface area contributed by atoms with Crippen LogP contribution in [0, 0.1) is 10.1 Å². The first-order valence-corrected chi connectivity index (χ1v) is 9.45. The third-order valence-corrected chi connectivity index (χ3v) is 4.41. The number of furan rings is 1. The summed E-state index contributed by atoms with van der Waals surface area (Å²) in [6.07, 6.45) is -3.44. The Kier molecular flexibility index (Phi) is 5.85. The summed E-state index contributed by atoms with van der Waals surface area (Å²) in [6, 6.07) is 18.3. The summed E-state index contributed by atoms with van der Waals surface area (Å²) in [5.74, 6) is 0.284. The van der Waals surface area contributed by atoms with E-state index in [1.807, 2.05) is 0 Å². The SMILES string of the molecule is O=[N+]([O-])c1cccc(-c2ccc(C=NNc3nc(-c4ccccc4)cc(C(F)(F)F)n3)o2)c1. The molecule has 0 aliphatic carbocycles. The van der Waals surface area contributed by atoms with Crippen LogP contribution >= 0.6 is 0 Å². The van der Waals surface area contributed by atoms with E-state index in [0.29, 0.717) is 16.9 Å². The topological polar surface area (TPSA) is 106 Å². The van der Waals surface area contributed by atoms with Crippen LogP contribution in [0.2, 0.25) is 0 Å². The average molecular weight is 453 g/mol. The molecule has 0 bridgehead atoms. The third-order valence-electron chi connectivity index (χ3n) is 4.41. The Balaban J connectivity index is 1.55. The largest absolute Gasteiger partial charge is 0.455 e. The second-order valence-electron chi connectivity index (χ2n) is 6.71. The van der Waals surface area contributed by atoms with Gasteiger partial charge in [0.05, 0.1) is 16.8 Å². The molecule has 11 heteroatoms. The summed E-state index contributed by atoms with van der Waals surface area (Å²) in [5.41, 5.74) is 2.26. The molecule has 1 N–H and O–H groups in total. The highest BCUT2D eigenvalue weighted by Crippen LogP contribution is 2.31. The number of aromatic nitrogens is 2. The van der Waals surface area contributed by atoms with Gasteiger partial charge in [-0.25, -0.2) is 15.4 Å². The molecule has 4 rings (SSSR count). The number of rotatable bonds is 6. The summed E-state index contributed by atoms with van der Waals surface area (Å²) in [4.78, 5) is 18.0. The molecule has 2 aromatic heterocycles. The van der Waals surface area contributed by atoms with Crippen LogP contribution in [-0.4, -0.2) is 21.1 Å². The lowest BCUT2D eigenvalue weighted by Crippen LogP contribution is -2.11. The second-order valence-corrected chi connectivity index (χ2v) is 6.71. The van der Waals surface area contributed by atoms with Crippen molar-refractivity contribution in [1.29, 1.82) is 0 Å². The fourth-order valence-corrected chi connectivity index (χ4v) is 2.90. The van der Waals surface area contributed by atoms with E-state index in [4.69, 9.17) is 4.42 Å². The molecule has 166 valence electrons. The summed E-state index contributed by atoms with van der Waals surface area (Å²) < 4.78 is 45.4. The number of nitrogens with one attached hydrogen (secondary N) is 1. The van der Waals surface area contributed by atoms with Crippen molar-refractivity contribution in [1.82, 2.24) is 9.97 Å². The number of hydrogen-bond acceptors (Lipinski definition) is 7. The van der Waals surface area contributed by atoms with Crippen LogP contribution in [0.1, 0.15) is 11.5 Å². The zero-order valence-electron chi connectivity index (χ0n) is 16.7. The van der Waals surface area contributed by atoms with Crippen LogP contribution < -0.4 is 5.43 Å². The lowest BCUT2D eigenvalue weighted by molar-refractivity contribution is -0.384. The molecule has 0 radical (unpaired) electrons. The van der Waals surface area contributed by atoms with Crippen molar-refractivity contribution in [3.05, 3.63) is 94.4 Å². The minimum Gasteiger partial charge on any atom is -0.455 e. The summed E-state index contributed by atoms with van der Waals surface area (Å²) in [7, 11) is 0. The maximum atomic E-state index is 13.3. The van der Waals surface area contributed by atoms with E-state index in [0.717, 1.165) is 6.07 Å². The molecule has 0 unspecified atom stereocenters. The molecule has 0 fully saturated rings. The fraction of sp³-hybridized carbons (Fsp3) is 0.0455. The molecule has 2 heterocycles. The number of anilines is 1. The van der Waals surface area contributed by atoms with Gasteiger partial charge in [-0.15, -0.1) is 0 Å². The lowest BCUT2D eigenvalue weighted by Gasteiger charge is -2.10. The highest BCUT2D eigenvalue weighted by atomic mass is 19.4. The van der Waals surface area contributed by atoms with Gasteiger partial charge < -0.3 is 4.42 Å². The average Bonchev–Trinajstić information content (AvgIpc) is 3.28. The third kappa shape index (κ3) is 5.21. The quantitative estimate of drug-likeness (QED) is 0.225. The predicted octanol–water partition coefficient (Wildman–Crippen LogP) is 5.78. The number of benzene rings is 2. The van der Waals surface area contributed by atoms with Crippen LogP contribution in [0.3, 0.4) is 0 Å². The van der Waals surface area contributed by atoms with Crippen molar-refractivity contribution in [2.24, 2.45) is 5.10 Å². The van der Waals surface area contributed by atoms with Gasteiger partial charge >= 0.3 is 6.18 Å². The van der Waals surface area contributed by atoms with Crippen LogP contribution in [0.25, 0.3) is 22.6 Å². The van der Waals surface area contributed by atoms with E-state index in [1.165, 1.54) is 24.4 Å². The number of nitro benzene ring substituents is 1. The maximum absolute atomic E-state index is 13.3. The number of hydrazone groups is 1. The molecule has 0 amide bonds. The Morgan fingerprint density at radius 2 is 1.73 bits per heavy atom. The van der Waals surface area contributed by atoms with E-state index in [-0.39, 0.29) is 23.1 Å². The highest BCUT2D eigenvalue weighted by Gasteiger charge is 2.33. The normalized spacial score (nSPS) is 11.6. The van der Waals surface area contributed by atoms with Crippen molar-refractivity contribution in [3.8, 4) is 22.6 Å². The van der Waals surface area contributed by atoms with Crippen LogP contribution in [-0.2, 0) is 6.18 Å². The number of nitro groups is 1. The zero-order valence-corrected chi connectivity index (χ0v) is 16.7. The molecule has 4 aromatic rings. The van der Waals surface area contributed by atoms with Gasteiger partial charge in [-0.1, -0.05) is 42.5 Å². The molecule has 0 spiro atoms. The van der Waals surface area contributed by atoms with Gasteiger partial charge in [0, 0.05) is 23.3 Å². The van der Waals surface area contributed by atoms with Crippen molar-refractivity contribution in [2.75, 3.05) is 5.43 Å². The monoisotopic (exact) mass is 453 g/mol. The predicted molar refractivity (Wildman–Crippen MR) is 114 cm³/mol. The molecule has 8 nitrogen and oxygen atoms in total. The van der Waals surface area contributed by atoms with E-state index in [2.05, 4.69) is 20.5 Å². The Bertz CT molecular complexity index is 1320. The maximum Gasteiger partial charge on any atom is 0.433 e. The first kappa shape index (κ1) is 21.7. The van der Waals surface area contributed by atoms with Crippen LogP contribution in [0.4, 0.5) is 24.8 Å². The van der Waals surface area contributed by atoms with Crippen LogP contribution in [0.15, 0.2) is 82.3 Å². The van der Waals surface area contributed by atoms with E-state index < -0.39 is 16.8 Å². The van der Waals surface area contributed by atoms with E-state index in [9.17, 15) is 23.3 Å². The van der Waals surface area contributed by atoms with E-state index >= 15 is 0 Å². The molecular weight excluding hydrogens is 439 g/mol. The molecule has 33 heavy (non-hydrogen) atoms. The number of non-ortho nitro benzene ring substituents is 1. The van der Waals surface area contributed by atoms with E-state index in [1.54, 1.807) is 48.5 Å². The van der Waals surface area contributed by atoms with Gasteiger partial charge in [0.2, 0.25) is 5.95 Å². The van der Waals surface area contributed by atoms with Gasteiger partial charge in [0.1, 0.15) is 11.5 Å². The number of nitrogens with zero attached hydrogens (tertiary/aromatic N) is 4. The van der Waals surface area contributed by atoms with Gasteiger partial charge in [0.15, 0.2) is 5.69 Å². The molecule has 2 aromatic carbocycles. The fourth-order valence-electron chi connectivity index (χ4n) is 2.90. The summed E-state index contributed by atoms with van der Waals surface area (Å²) in [6.45, 7) is 0. The summed E-state index contributed by atoms with van der Waals surface area (Å²) in [5, 5.41) is 14.8. The van der Waals surface area contributed by atoms with Crippen molar-refractivity contribution >= 4 is 17.9 Å². The Morgan fingerprint density at radius 3 is 2.45 bits per heavy atom. The standard InChI is InChI=1S/C22H14F3N5O3/c23-22(24,25)20-12-18(14-5-2-1-3-6-14)27-21(28-20)29-26-13-17-9-10-19(33-17)15-7-4-8-16(11-15)30(31)32/h1-13H,(H,27,28,29). The molecular formula is C22H14F3N5O3. The molecule has 0 saturated carbocycles. The molecule has 0 aliphatic heterocycles. The van der Waals surface area contributed by atoms with Gasteiger partial charge in [-0.05, 0) is 18.2 Å². The first-order valence-electron chi connectivity index (χ1n) is 9.45. The second kappa shape index (κ2) is 8.91. The Hall–Kier alpha value is -4.54. The minimum atomic E-state index is -4.67. The van der Waals surface area contributed by atoms with Gasteiger partial charge in [-0.2, -0.15) is 18.3 Å². The highest BCUT2D eigenvalue weighted by molar-refractivity contribution is 5.78. The first-order chi connectivity index (χ1) is 15.8. The van der Waals surface area contributed by atoms with Crippen LogP contribution in [0.5, 0.6) is 0 Å². The minimum absolute atomic E-state index is 0.0848. The number of alkyl halides is 3. The molecule has 0 saturated heterocycles. The number of halogens is 3. The summed E-state index contributed by atoms with van der Waals surface area (Å²) >= 11 is 0.